The van der Waals surface area contributed by atoms with Crippen LogP contribution in [-0.2, 0) is 4.79 Å². The van der Waals surface area contributed by atoms with E-state index in [4.69, 9.17) is 0 Å². The minimum absolute atomic E-state index is 0.101. The molecule has 2 aliphatic heterocycles. The van der Waals surface area contributed by atoms with Crippen LogP contribution in [-0.4, -0.2) is 41.6 Å². The van der Waals surface area contributed by atoms with Crippen LogP contribution in [0, 0.1) is 0 Å². The summed E-state index contributed by atoms with van der Waals surface area (Å²) in [5.74, 6) is 0. The van der Waals surface area contributed by atoms with E-state index in [1.807, 2.05) is 0 Å². The van der Waals surface area contributed by atoms with E-state index in [1.165, 1.54) is 11.8 Å². The predicted octanol–water partition coefficient (Wildman–Crippen LogP) is 0.271. The van der Waals surface area contributed by atoms with Crippen LogP contribution in [0.4, 0.5) is 0 Å². The lowest BCUT2D eigenvalue weighted by molar-refractivity contribution is -0.109. The highest BCUT2D eigenvalue weighted by molar-refractivity contribution is 8.15. The summed E-state index contributed by atoms with van der Waals surface area (Å²) in [5.41, 5.74) is 0. The van der Waals surface area contributed by atoms with Gasteiger partial charge in [-0.05, 0) is 19.9 Å². The maximum absolute atomic E-state index is 11.1. The molecule has 1 spiro atoms. The predicted molar refractivity (Wildman–Crippen MR) is 50.1 cm³/mol. The summed E-state index contributed by atoms with van der Waals surface area (Å²) >= 11 is 1.51. The van der Waals surface area contributed by atoms with E-state index in [0.29, 0.717) is 11.7 Å². The van der Waals surface area contributed by atoms with E-state index in [-0.39, 0.29) is 4.87 Å². The van der Waals surface area contributed by atoms with Crippen LogP contribution in [0.15, 0.2) is 0 Å². The van der Waals surface area contributed by atoms with Crippen LogP contribution in [0.3, 0.4) is 0 Å². The summed E-state index contributed by atoms with van der Waals surface area (Å²) in [5, 5.41) is 3.63. The molecule has 2 fully saturated rings. The van der Waals surface area contributed by atoms with Gasteiger partial charge in [-0.15, -0.1) is 0 Å². The molecule has 0 aromatic heterocycles. The fourth-order valence-electron chi connectivity index (χ4n) is 1.78. The highest BCUT2D eigenvalue weighted by Gasteiger charge is 2.40. The van der Waals surface area contributed by atoms with E-state index in [9.17, 15) is 4.79 Å². The molecule has 0 unspecified atom stereocenters. The Morgan fingerprint density at radius 3 is 2.67 bits per heavy atom. The molecule has 2 aliphatic rings. The zero-order valence-electron chi connectivity index (χ0n) is 7.30. The van der Waals surface area contributed by atoms with Crippen molar-refractivity contribution in [2.24, 2.45) is 0 Å². The molecule has 2 rings (SSSR count). The second-order valence-electron chi connectivity index (χ2n) is 3.63. The molecule has 0 atom stereocenters. The third-order valence-electron chi connectivity index (χ3n) is 2.66. The molecule has 0 aliphatic carbocycles. The van der Waals surface area contributed by atoms with Crippen LogP contribution in [0.25, 0.3) is 0 Å². The Morgan fingerprint density at radius 1 is 1.50 bits per heavy atom. The Balaban J connectivity index is 1.99. The number of nitrogens with zero attached hydrogens (tertiary/aromatic N) is 1. The van der Waals surface area contributed by atoms with Gasteiger partial charge in [0.05, 0.1) is 11.4 Å². The van der Waals surface area contributed by atoms with Crippen molar-refractivity contribution in [2.75, 3.05) is 26.7 Å². The molecule has 0 amide bonds. The van der Waals surface area contributed by atoms with Crippen LogP contribution in [0.2, 0.25) is 0 Å². The fraction of sp³-hybridized carbons (Fsp3) is 0.875. The molecule has 3 nitrogen and oxygen atoms in total. The molecule has 2 saturated heterocycles. The molecular formula is C8H14N2OS. The van der Waals surface area contributed by atoms with Crippen molar-refractivity contribution in [1.82, 2.24) is 10.2 Å². The number of thioether (sulfide) groups is 1. The van der Waals surface area contributed by atoms with Crippen molar-refractivity contribution in [3.05, 3.63) is 0 Å². The van der Waals surface area contributed by atoms with E-state index in [2.05, 4.69) is 17.3 Å². The second kappa shape index (κ2) is 3.01. The minimum atomic E-state index is 0.101. The molecule has 4 heteroatoms. The average molecular weight is 186 g/mol. The van der Waals surface area contributed by atoms with Crippen molar-refractivity contribution >= 4 is 16.9 Å². The molecule has 0 radical (unpaired) electrons. The van der Waals surface area contributed by atoms with Gasteiger partial charge < -0.3 is 4.90 Å². The number of carbonyl (C=O) groups excluding carboxylic acids is 1. The van der Waals surface area contributed by atoms with Gasteiger partial charge in [0.2, 0.25) is 5.12 Å². The third kappa shape index (κ3) is 1.51. The van der Waals surface area contributed by atoms with Crippen molar-refractivity contribution in [3.8, 4) is 0 Å². The number of nitrogens with one attached hydrogen (secondary N) is 1. The normalized spacial score (nSPS) is 29.9. The highest BCUT2D eigenvalue weighted by atomic mass is 32.2. The monoisotopic (exact) mass is 186 g/mol. The number of likely N-dealkylation sites (tertiary alicyclic amines) is 1. The molecule has 0 saturated carbocycles. The van der Waals surface area contributed by atoms with Crippen LogP contribution in [0.5, 0.6) is 0 Å². The van der Waals surface area contributed by atoms with Crippen LogP contribution >= 0.6 is 11.8 Å². The lowest BCUT2D eigenvalue weighted by Crippen LogP contribution is -2.47. The number of piperidine rings is 1. The van der Waals surface area contributed by atoms with Gasteiger partial charge in [0, 0.05) is 13.1 Å². The first-order chi connectivity index (χ1) is 5.70. The minimum Gasteiger partial charge on any atom is -0.306 e. The van der Waals surface area contributed by atoms with E-state index in [1.54, 1.807) is 0 Å². The molecule has 68 valence electrons. The van der Waals surface area contributed by atoms with Gasteiger partial charge in [0.15, 0.2) is 0 Å². The van der Waals surface area contributed by atoms with E-state index in [0.717, 1.165) is 25.9 Å². The molecule has 0 aromatic rings. The molecule has 1 N–H and O–H groups in total. The van der Waals surface area contributed by atoms with Gasteiger partial charge in [-0.25, -0.2) is 0 Å². The Hall–Kier alpha value is -0.0600. The molecular weight excluding hydrogens is 172 g/mol. The molecule has 0 aromatic carbocycles. The summed E-state index contributed by atoms with van der Waals surface area (Å²) in [6.45, 7) is 2.77. The number of hydrogen-bond donors (Lipinski definition) is 1. The lowest BCUT2D eigenvalue weighted by atomic mass is 10.1. The summed E-state index contributed by atoms with van der Waals surface area (Å²) in [7, 11) is 2.13. The number of hydrogen-bond acceptors (Lipinski definition) is 4. The first-order valence-electron chi connectivity index (χ1n) is 4.36. The standard InChI is InChI=1S/C8H14N2OS/c1-10-4-2-8(3-5-10)9-6-7(11)12-8/h9H,2-6H2,1H3. The average Bonchev–Trinajstić information content (AvgIpc) is 2.40. The maximum Gasteiger partial charge on any atom is 0.204 e. The summed E-state index contributed by atoms with van der Waals surface area (Å²) < 4.78 is 0. The number of rotatable bonds is 0. The zero-order chi connectivity index (χ0) is 8.60. The molecule has 2 heterocycles. The van der Waals surface area contributed by atoms with E-state index >= 15 is 0 Å². The SMILES string of the molecule is CN1CCC2(CC1)NCC(=O)S2. The molecule has 0 bridgehead atoms. The summed E-state index contributed by atoms with van der Waals surface area (Å²) in [6, 6.07) is 0. The van der Waals surface area contributed by atoms with Gasteiger partial charge in [0.25, 0.3) is 0 Å². The Kier molecular flexibility index (Phi) is 2.14. The third-order valence-corrected chi connectivity index (χ3v) is 3.97. The molecule has 12 heavy (non-hydrogen) atoms. The summed E-state index contributed by atoms with van der Waals surface area (Å²) in [6.07, 6.45) is 2.19. The fourth-order valence-corrected chi connectivity index (χ4v) is 2.89. The van der Waals surface area contributed by atoms with Gasteiger partial charge >= 0.3 is 0 Å². The van der Waals surface area contributed by atoms with Crippen LogP contribution in [0.1, 0.15) is 12.8 Å². The maximum atomic E-state index is 11.1. The Labute approximate surface area is 76.9 Å². The van der Waals surface area contributed by atoms with Crippen molar-refractivity contribution in [1.29, 1.82) is 0 Å². The largest absolute Gasteiger partial charge is 0.306 e. The highest BCUT2D eigenvalue weighted by Crippen LogP contribution is 2.37. The number of carbonyl (C=O) groups is 1. The topological polar surface area (TPSA) is 32.3 Å². The second-order valence-corrected chi connectivity index (χ2v) is 5.07. The van der Waals surface area contributed by atoms with E-state index < -0.39 is 0 Å². The van der Waals surface area contributed by atoms with Gasteiger partial charge in [0.1, 0.15) is 0 Å². The zero-order valence-corrected chi connectivity index (χ0v) is 8.12. The van der Waals surface area contributed by atoms with Crippen molar-refractivity contribution < 1.29 is 4.79 Å². The van der Waals surface area contributed by atoms with Gasteiger partial charge in [-0.1, -0.05) is 11.8 Å². The van der Waals surface area contributed by atoms with Crippen molar-refractivity contribution in [3.63, 3.8) is 0 Å². The van der Waals surface area contributed by atoms with Gasteiger partial charge in [-0.2, -0.15) is 0 Å². The first kappa shape index (κ1) is 8.53. The lowest BCUT2D eigenvalue weighted by Gasteiger charge is -2.36. The van der Waals surface area contributed by atoms with Crippen LogP contribution < -0.4 is 5.32 Å². The first-order valence-corrected chi connectivity index (χ1v) is 5.17. The van der Waals surface area contributed by atoms with Crippen molar-refractivity contribution in [2.45, 2.75) is 17.7 Å². The smallest absolute Gasteiger partial charge is 0.204 e. The Morgan fingerprint density at radius 2 is 2.17 bits per heavy atom. The quantitative estimate of drug-likeness (QED) is 0.588. The Bertz CT molecular complexity index is 199. The summed E-state index contributed by atoms with van der Waals surface area (Å²) in [4.78, 5) is 13.5. The van der Waals surface area contributed by atoms with Gasteiger partial charge in [-0.3, -0.25) is 10.1 Å².